The molecule has 1 aromatic heterocycles. The zero-order chi connectivity index (χ0) is 13.1. The molecule has 2 aromatic rings. The fraction of sp³-hybridized carbons (Fsp3) is 0.214. The van der Waals surface area contributed by atoms with Crippen LogP contribution in [0.3, 0.4) is 0 Å². The van der Waals surface area contributed by atoms with E-state index in [0.717, 1.165) is 15.7 Å². The Morgan fingerprint density at radius 1 is 1.39 bits per heavy atom. The first kappa shape index (κ1) is 12.9. The molecule has 0 spiro atoms. The van der Waals surface area contributed by atoms with E-state index in [1.165, 1.54) is 6.26 Å². The van der Waals surface area contributed by atoms with E-state index in [2.05, 4.69) is 21.2 Å². The van der Waals surface area contributed by atoms with Crippen LogP contribution in [0.5, 0.6) is 0 Å². The van der Waals surface area contributed by atoms with Crippen molar-refractivity contribution >= 4 is 27.5 Å². The monoisotopic (exact) mass is 307 g/mol. The lowest BCUT2D eigenvalue weighted by molar-refractivity contribution is 0.102. The minimum atomic E-state index is -0.148. The molecule has 0 saturated carbocycles. The second-order valence-electron chi connectivity index (χ2n) is 4.05. The van der Waals surface area contributed by atoms with E-state index in [-0.39, 0.29) is 5.91 Å². The topological polar surface area (TPSA) is 42.2 Å². The maximum Gasteiger partial charge on any atom is 0.259 e. The van der Waals surface area contributed by atoms with Crippen molar-refractivity contribution in [3.8, 4) is 0 Å². The smallest absolute Gasteiger partial charge is 0.259 e. The van der Waals surface area contributed by atoms with Crippen LogP contribution in [0.1, 0.15) is 28.6 Å². The molecular weight excluding hydrogens is 294 g/mol. The molecular formula is C14H14BrNO2. The first-order valence-electron chi connectivity index (χ1n) is 5.75. The average Bonchev–Trinajstić information content (AvgIpc) is 2.81. The number of halogens is 1. The quantitative estimate of drug-likeness (QED) is 0.925. The van der Waals surface area contributed by atoms with Crippen molar-refractivity contribution in [3.05, 3.63) is 51.9 Å². The molecule has 1 N–H and O–H groups in total. The van der Waals surface area contributed by atoms with E-state index in [4.69, 9.17) is 4.42 Å². The van der Waals surface area contributed by atoms with Crippen molar-refractivity contribution in [2.75, 3.05) is 5.32 Å². The molecule has 94 valence electrons. The Morgan fingerprint density at radius 2 is 2.17 bits per heavy atom. The van der Waals surface area contributed by atoms with Crippen LogP contribution in [0.2, 0.25) is 0 Å². The van der Waals surface area contributed by atoms with Gasteiger partial charge >= 0.3 is 0 Å². The van der Waals surface area contributed by atoms with Crippen LogP contribution in [0, 0.1) is 6.92 Å². The number of furan rings is 1. The van der Waals surface area contributed by atoms with Gasteiger partial charge in [0.05, 0.1) is 17.5 Å². The summed E-state index contributed by atoms with van der Waals surface area (Å²) < 4.78 is 6.12. The molecule has 1 amide bonds. The summed E-state index contributed by atoms with van der Waals surface area (Å²) in [6, 6.07) is 7.49. The Kier molecular flexibility index (Phi) is 3.87. The van der Waals surface area contributed by atoms with Crippen LogP contribution in [0.4, 0.5) is 5.69 Å². The summed E-state index contributed by atoms with van der Waals surface area (Å²) in [5.41, 5.74) is 2.48. The maximum atomic E-state index is 12.1. The molecule has 0 aliphatic rings. The summed E-state index contributed by atoms with van der Waals surface area (Å²) >= 11 is 3.44. The molecule has 1 heterocycles. The number of aryl methyl sites for hydroxylation is 2. The molecule has 0 fully saturated rings. The van der Waals surface area contributed by atoms with Crippen LogP contribution in [0.15, 0.2) is 39.4 Å². The summed E-state index contributed by atoms with van der Waals surface area (Å²) in [4.78, 5) is 12.1. The first-order valence-corrected chi connectivity index (χ1v) is 6.55. The molecule has 0 atom stereocenters. The number of rotatable bonds is 3. The van der Waals surface area contributed by atoms with E-state index in [1.54, 1.807) is 6.07 Å². The van der Waals surface area contributed by atoms with Crippen LogP contribution in [0.25, 0.3) is 0 Å². The lowest BCUT2D eigenvalue weighted by Gasteiger charge is -2.07. The van der Waals surface area contributed by atoms with Gasteiger partial charge in [-0.15, -0.1) is 0 Å². The van der Waals surface area contributed by atoms with Gasteiger partial charge in [0.15, 0.2) is 0 Å². The minimum Gasteiger partial charge on any atom is -0.469 e. The van der Waals surface area contributed by atoms with E-state index in [0.29, 0.717) is 17.7 Å². The third-order valence-electron chi connectivity index (χ3n) is 2.68. The molecule has 0 aliphatic heterocycles. The van der Waals surface area contributed by atoms with E-state index < -0.39 is 0 Å². The summed E-state index contributed by atoms with van der Waals surface area (Å²) in [5, 5.41) is 2.87. The normalized spacial score (nSPS) is 10.4. The third kappa shape index (κ3) is 2.64. The van der Waals surface area contributed by atoms with Crippen molar-refractivity contribution in [1.82, 2.24) is 0 Å². The molecule has 1 aromatic carbocycles. The molecule has 3 nitrogen and oxygen atoms in total. The highest BCUT2D eigenvalue weighted by Gasteiger charge is 2.14. The second-order valence-corrected chi connectivity index (χ2v) is 4.90. The zero-order valence-corrected chi connectivity index (χ0v) is 11.9. The van der Waals surface area contributed by atoms with Crippen LogP contribution in [-0.4, -0.2) is 5.91 Å². The van der Waals surface area contributed by atoms with Crippen molar-refractivity contribution in [2.45, 2.75) is 20.3 Å². The maximum absolute atomic E-state index is 12.1. The number of anilines is 1. The lowest BCUT2D eigenvalue weighted by Crippen LogP contribution is -2.13. The van der Waals surface area contributed by atoms with Gasteiger partial charge in [-0.05, 0) is 46.6 Å². The predicted octanol–water partition coefficient (Wildman–Crippen LogP) is 4.17. The highest BCUT2D eigenvalue weighted by molar-refractivity contribution is 9.10. The molecule has 4 heteroatoms. The lowest BCUT2D eigenvalue weighted by atomic mass is 10.2. The number of carbonyl (C=O) groups excluding carboxylic acids is 1. The van der Waals surface area contributed by atoms with Crippen molar-refractivity contribution in [1.29, 1.82) is 0 Å². The minimum absolute atomic E-state index is 0.148. The van der Waals surface area contributed by atoms with Gasteiger partial charge in [0.1, 0.15) is 5.76 Å². The number of nitrogens with one attached hydrogen (secondary N) is 1. The van der Waals surface area contributed by atoms with Crippen LogP contribution >= 0.6 is 15.9 Å². The molecule has 0 bridgehead atoms. The highest BCUT2D eigenvalue weighted by Crippen LogP contribution is 2.24. The summed E-state index contributed by atoms with van der Waals surface area (Å²) in [6.07, 6.45) is 2.24. The second kappa shape index (κ2) is 5.40. The standard InChI is InChI=1S/C14H14BrNO2/c1-3-13-10(6-7-18-13)14(17)16-12-5-4-9(2)8-11(12)15/h4-8H,3H2,1-2H3,(H,16,17). The fourth-order valence-electron chi connectivity index (χ4n) is 1.73. The largest absolute Gasteiger partial charge is 0.469 e. The average molecular weight is 308 g/mol. The van der Waals surface area contributed by atoms with E-state index in [1.807, 2.05) is 32.0 Å². The first-order chi connectivity index (χ1) is 8.61. The predicted molar refractivity (Wildman–Crippen MR) is 74.9 cm³/mol. The van der Waals surface area contributed by atoms with E-state index >= 15 is 0 Å². The molecule has 18 heavy (non-hydrogen) atoms. The Hall–Kier alpha value is -1.55. The molecule has 0 radical (unpaired) electrons. The number of hydrogen-bond acceptors (Lipinski definition) is 2. The van der Waals surface area contributed by atoms with Gasteiger partial charge in [-0.3, -0.25) is 4.79 Å². The number of benzene rings is 1. The summed E-state index contributed by atoms with van der Waals surface area (Å²) in [6.45, 7) is 3.96. The van der Waals surface area contributed by atoms with E-state index in [9.17, 15) is 4.79 Å². The van der Waals surface area contributed by atoms with Gasteiger partial charge in [-0.25, -0.2) is 0 Å². The van der Waals surface area contributed by atoms with Crippen molar-refractivity contribution < 1.29 is 9.21 Å². The van der Waals surface area contributed by atoms with Crippen LogP contribution in [-0.2, 0) is 6.42 Å². The number of hydrogen-bond donors (Lipinski definition) is 1. The van der Waals surface area contributed by atoms with Gasteiger partial charge in [-0.2, -0.15) is 0 Å². The van der Waals surface area contributed by atoms with Gasteiger partial charge < -0.3 is 9.73 Å². The van der Waals surface area contributed by atoms with Gasteiger partial charge in [0.2, 0.25) is 0 Å². The van der Waals surface area contributed by atoms with Gasteiger partial charge in [0, 0.05) is 10.9 Å². The number of amides is 1. The summed E-state index contributed by atoms with van der Waals surface area (Å²) in [7, 11) is 0. The molecule has 0 unspecified atom stereocenters. The number of carbonyl (C=O) groups is 1. The molecule has 0 aliphatic carbocycles. The zero-order valence-electron chi connectivity index (χ0n) is 10.3. The summed E-state index contributed by atoms with van der Waals surface area (Å²) in [5.74, 6) is 0.556. The van der Waals surface area contributed by atoms with Gasteiger partial charge in [0.25, 0.3) is 5.91 Å². The molecule has 2 rings (SSSR count). The third-order valence-corrected chi connectivity index (χ3v) is 3.34. The Morgan fingerprint density at radius 3 is 2.83 bits per heavy atom. The fourth-order valence-corrected chi connectivity index (χ4v) is 2.32. The highest BCUT2D eigenvalue weighted by atomic mass is 79.9. The van der Waals surface area contributed by atoms with Gasteiger partial charge in [-0.1, -0.05) is 13.0 Å². The Balaban J connectivity index is 2.21. The SMILES string of the molecule is CCc1occc1C(=O)Nc1ccc(C)cc1Br. The van der Waals surface area contributed by atoms with Crippen molar-refractivity contribution in [2.24, 2.45) is 0 Å². The van der Waals surface area contributed by atoms with Crippen LogP contribution < -0.4 is 5.32 Å². The Bertz CT molecular complexity index is 575. The van der Waals surface area contributed by atoms with Crippen molar-refractivity contribution in [3.63, 3.8) is 0 Å². The Labute approximate surface area is 114 Å². The molecule has 0 saturated heterocycles.